The minimum absolute atomic E-state index is 0.232. The van der Waals surface area contributed by atoms with Gasteiger partial charge in [-0.25, -0.2) is 4.68 Å². The molecular weight excluding hydrogens is 329 g/mol. The van der Waals surface area contributed by atoms with Crippen LogP contribution in [0.2, 0.25) is 15.3 Å². The molecular formula is C15H10Cl3N3. The molecule has 0 amide bonds. The SMILES string of the molecule is Cc1ccc(-n2nc(-c3ccccc3Cl)nc2Cl)c(Cl)c1. The third kappa shape index (κ3) is 2.77. The van der Waals surface area contributed by atoms with E-state index in [1.54, 1.807) is 6.07 Å². The maximum absolute atomic E-state index is 6.25. The van der Waals surface area contributed by atoms with Gasteiger partial charge in [0.1, 0.15) is 0 Å². The molecule has 2 aromatic carbocycles. The highest BCUT2D eigenvalue weighted by Gasteiger charge is 2.15. The van der Waals surface area contributed by atoms with Gasteiger partial charge in [-0.1, -0.05) is 41.4 Å². The molecule has 1 aromatic heterocycles. The smallest absolute Gasteiger partial charge is 0.201 e. The minimum atomic E-state index is 0.232. The number of aryl methyl sites for hydroxylation is 1. The number of benzene rings is 2. The van der Waals surface area contributed by atoms with Crippen molar-refractivity contribution in [2.75, 3.05) is 0 Å². The highest BCUT2D eigenvalue weighted by atomic mass is 35.5. The molecule has 0 fully saturated rings. The van der Waals surface area contributed by atoms with Gasteiger partial charge in [-0.2, -0.15) is 4.98 Å². The molecule has 0 atom stereocenters. The van der Waals surface area contributed by atoms with Gasteiger partial charge in [0, 0.05) is 5.56 Å². The number of rotatable bonds is 2. The Hall–Kier alpha value is -1.55. The standard InChI is InChI=1S/C15H10Cl3N3/c1-9-6-7-13(12(17)8-9)21-15(18)19-14(20-21)10-4-2-3-5-11(10)16/h2-8H,1H3. The normalized spacial score (nSPS) is 10.9. The maximum Gasteiger partial charge on any atom is 0.226 e. The van der Waals surface area contributed by atoms with E-state index in [2.05, 4.69) is 10.1 Å². The van der Waals surface area contributed by atoms with Crippen LogP contribution in [0.5, 0.6) is 0 Å². The van der Waals surface area contributed by atoms with E-state index in [9.17, 15) is 0 Å². The second-order valence-corrected chi connectivity index (χ2v) is 5.70. The van der Waals surface area contributed by atoms with Crippen LogP contribution in [-0.4, -0.2) is 14.8 Å². The molecule has 0 spiro atoms. The number of nitrogens with zero attached hydrogens (tertiary/aromatic N) is 3. The second kappa shape index (κ2) is 5.68. The van der Waals surface area contributed by atoms with Crippen LogP contribution in [0.15, 0.2) is 42.5 Å². The van der Waals surface area contributed by atoms with Crippen molar-refractivity contribution >= 4 is 34.8 Å². The van der Waals surface area contributed by atoms with Gasteiger partial charge in [-0.15, -0.1) is 5.10 Å². The quantitative estimate of drug-likeness (QED) is 0.642. The molecule has 106 valence electrons. The summed E-state index contributed by atoms with van der Waals surface area (Å²) in [5.74, 6) is 0.460. The van der Waals surface area contributed by atoms with Crippen molar-refractivity contribution in [3.05, 3.63) is 63.4 Å². The molecule has 3 aromatic rings. The highest BCUT2D eigenvalue weighted by molar-refractivity contribution is 6.33. The highest BCUT2D eigenvalue weighted by Crippen LogP contribution is 2.29. The Labute approximate surface area is 137 Å². The summed E-state index contributed by atoms with van der Waals surface area (Å²) in [6, 6.07) is 13.0. The lowest BCUT2D eigenvalue weighted by atomic mass is 10.2. The van der Waals surface area contributed by atoms with Gasteiger partial charge in [-0.05, 0) is 48.4 Å². The topological polar surface area (TPSA) is 30.7 Å². The van der Waals surface area contributed by atoms with Crippen molar-refractivity contribution in [1.82, 2.24) is 14.8 Å². The van der Waals surface area contributed by atoms with Crippen LogP contribution in [0.25, 0.3) is 17.1 Å². The molecule has 0 unspecified atom stereocenters. The molecule has 6 heteroatoms. The average molecular weight is 339 g/mol. The summed E-state index contributed by atoms with van der Waals surface area (Å²) in [7, 11) is 0. The van der Waals surface area contributed by atoms with Crippen LogP contribution >= 0.6 is 34.8 Å². The zero-order valence-corrected chi connectivity index (χ0v) is 13.3. The molecule has 0 aliphatic heterocycles. The summed E-state index contributed by atoms with van der Waals surface area (Å²) >= 11 is 18.6. The van der Waals surface area contributed by atoms with Gasteiger partial charge in [0.15, 0.2) is 5.82 Å². The van der Waals surface area contributed by atoms with Crippen molar-refractivity contribution in [2.24, 2.45) is 0 Å². The van der Waals surface area contributed by atoms with E-state index in [0.717, 1.165) is 11.1 Å². The summed E-state index contributed by atoms with van der Waals surface area (Å²) in [5, 5.41) is 5.77. The first-order valence-corrected chi connectivity index (χ1v) is 7.33. The number of aromatic nitrogens is 3. The van der Waals surface area contributed by atoms with Crippen molar-refractivity contribution < 1.29 is 0 Å². The first kappa shape index (κ1) is 14.4. The maximum atomic E-state index is 6.25. The van der Waals surface area contributed by atoms with E-state index in [1.807, 2.05) is 43.3 Å². The number of halogens is 3. The Kier molecular flexibility index (Phi) is 3.89. The molecule has 0 saturated heterocycles. The fourth-order valence-corrected chi connectivity index (χ4v) is 2.73. The van der Waals surface area contributed by atoms with E-state index < -0.39 is 0 Å². The van der Waals surface area contributed by atoms with Gasteiger partial charge in [0.05, 0.1) is 15.7 Å². The molecule has 0 bridgehead atoms. The lowest BCUT2D eigenvalue weighted by Crippen LogP contribution is -1.98. The monoisotopic (exact) mass is 337 g/mol. The average Bonchev–Trinajstić information content (AvgIpc) is 2.81. The molecule has 0 N–H and O–H groups in total. The number of hydrogen-bond acceptors (Lipinski definition) is 2. The van der Waals surface area contributed by atoms with E-state index in [0.29, 0.717) is 21.6 Å². The van der Waals surface area contributed by atoms with Crippen LogP contribution in [0.4, 0.5) is 0 Å². The summed E-state index contributed by atoms with van der Waals surface area (Å²) in [6.45, 7) is 1.97. The molecule has 1 heterocycles. The molecule has 0 aliphatic carbocycles. The minimum Gasteiger partial charge on any atom is -0.201 e. The Morgan fingerprint density at radius 2 is 1.71 bits per heavy atom. The van der Waals surface area contributed by atoms with Gasteiger partial charge >= 0.3 is 0 Å². The van der Waals surface area contributed by atoms with Crippen molar-refractivity contribution in [1.29, 1.82) is 0 Å². The third-order valence-corrected chi connectivity index (χ3v) is 3.89. The fourth-order valence-electron chi connectivity index (χ4n) is 1.99. The zero-order chi connectivity index (χ0) is 15.0. The lowest BCUT2D eigenvalue weighted by Gasteiger charge is -2.05. The Balaban J connectivity index is 2.12. The Bertz CT molecular complexity index is 812. The van der Waals surface area contributed by atoms with Crippen LogP contribution in [-0.2, 0) is 0 Å². The number of hydrogen-bond donors (Lipinski definition) is 0. The van der Waals surface area contributed by atoms with E-state index in [4.69, 9.17) is 34.8 Å². The lowest BCUT2D eigenvalue weighted by molar-refractivity contribution is 0.882. The third-order valence-electron chi connectivity index (χ3n) is 3.01. The van der Waals surface area contributed by atoms with Crippen LogP contribution in [0.3, 0.4) is 0 Å². The van der Waals surface area contributed by atoms with Gasteiger partial charge in [-0.3, -0.25) is 0 Å². The summed E-state index contributed by atoms with van der Waals surface area (Å²) in [5.41, 5.74) is 2.47. The van der Waals surface area contributed by atoms with E-state index in [-0.39, 0.29) is 5.28 Å². The Morgan fingerprint density at radius 3 is 2.43 bits per heavy atom. The summed E-state index contributed by atoms with van der Waals surface area (Å²) in [4.78, 5) is 4.26. The summed E-state index contributed by atoms with van der Waals surface area (Å²) in [6.07, 6.45) is 0. The summed E-state index contributed by atoms with van der Waals surface area (Å²) < 4.78 is 1.50. The van der Waals surface area contributed by atoms with Gasteiger partial charge in [0.25, 0.3) is 0 Å². The fraction of sp³-hybridized carbons (Fsp3) is 0.0667. The van der Waals surface area contributed by atoms with Gasteiger partial charge in [0.2, 0.25) is 5.28 Å². The van der Waals surface area contributed by atoms with Crippen LogP contribution in [0, 0.1) is 6.92 Å². The molecule has 0 saturated carbocycles. The predicted molar refractivity (Wildman–Crippen MR) is 86.6 cm³/mol. The largest absolute Gasteiger partial charge is 0.226 e. The molecule has 0 aliphatic rings. The van der Waals surface area contributed by atoms with Crippen molar-refractivity contribution in [3.8, 4) is 17.1 Å². The second-order valence-electron chi connectivity index (χ2n) is 4.55. The molecule has 3 rings (SSSR count). The first-order chi connectivity index (χ1) is 10.1. The van der Waals surface area contributed by atoms with Crippen LogP contribution in [0.1, 0.15) is 5.56 Å². The molecule has 21 heavy (non-hydrogen) atoms. The molecule has 3 nitrogen and oxygen atoms in total. The van der Waals surface area contributed by atoms with E-state index in [1.165, 1.54) is 4.68 Å². The van der Waals surface area contributed by atoms with Gasteiger partial charge < -0.3 is 0 Å². The Morgan fingerprint density at radius 1 is 0.952 bits per heavy atom. The predicted octanol–water partition coefficient (Wildman–Crippen LogP) is 5.20. The zero-order valence-electron chi connectivity index (χ0n) is 11.0. The van der Waals surface area contributed by atoms with Crippen LogP contribution < -0.4 is 0 Å². The van der Waals surface area contributed by atoms with Crippen molar-refractivity contribution in [2.45, 2.75) is 6.92 Å². The first-order valence-electron chi connectivity index (χ1n) is 6.20. The van der Waals surface area contributed by atoms with Crippen molar-refractivity contribution in [3.63, 3.8) is 0 Å². The molecule has 0 radical (unpaired) electrons. The van der Waals surface area contributed by atoms with E-state index >= 15 is 0 Å².